The molecule has 1 heterocycles. The van der Waals surface area contributed by atoms with Crippen molar-refractivity contribution in [2.45, 2.75) is 13.0 Å². The minimum Gasteiger partial charge on any atom is -0.497 e. The second-order valence-corrected chi connectivity index (χ2v) is 5.49. The first-order valence-electron chi connectivity index (χ1n) is 7.58. The van der Waals surface area contributed by atoms with Gasteiger partial charge in [-0.15, -0.1) is 0 Å². The number of aromatic nitrogens is 1. The zero-order valence-corrected chi connectivity index (χ0v) is 13.7. The first kappa shape index (κ1) is 16.5. The first-order valence-corrected chi connectivity index (χ1v) is 7.58. The number of methoxy groups -OCH3 is 1. The quantitative estimate of drug-likeness (QED) is 0.416. The van der Waals surface area contributed by atoms with Crippen molar-refractivity contribution in [3.8, 4) is 16.9 Å². The van der Waals surface area contributed by atoms with Crippen molar-refractivity contribution in [1.29, 1.82) is 0 Å². The summed E-state index contributed by atoms with van der Waals surface area (Å²) in [4.78, 5) is 24.6. The summed E-state index contributed by atoms with van der Waals surface area (Å²) in [5.74, 6) is 0.679. The van der Waals surface area contributed by atoms with Crippen LogP contribution < -0.4 is 4.74 Å². The molecule has 0 saturated heterocycles. The van der Waals surface area contributed by atoms with E-state index in [1.807, 2.05) is 24.3 Å². The van der Waals surface area contributed by atoms with Crippen molar-refractivity contribution >= 4 is 23.1 Å². The second-order valence-electron chi connectivity index (χ2n) is 5.49. The van der Waals surface area contributed by atoms with E-state index < -0.39 is 11.0 Å². The van der Waals surface area contributed by atoms with Gasteiger partial charge in [0.25, 0.3) is 12.2 Å². The van der Waals surface area contributed by atoms with Crippen LogP contribution in [-0.2, 0) is 9.53 Å². The number of hydrogen-bond donors (Lipinski definition) is 1. The highest BCUT2D eigenvalue weighted by atomic mass is 16.6. The van der Waals surface area contributed by atoms with E-state index in [9.17, 15) is 14.9 Å². The molecule has 0 fully saturated rings. The van der Waals surface area contributed by atoms with Gasteiger partial charge in [0, 0.05) is 23.2 Å². The highest BCUT2D eigenvalue weighted by Gasteiger charge is 2.22. The van der Waals surface area contributed by atoms with Crippen LogP contribution in [0.3, 0.4) is 0 Å². The Hall–Kier alpha value is -3.35. The van der Waals surface area contributed by atoms with E-state index in [2.05, 4.69) is 4.98 Å². The largest absolute Gasteiger partial charge is 0.497 e. The van der Waals surface area contributed by atoms with Crippen LogP contribution in [0.4, 0.5) is 5.69 Å². The number of fused-ring (bicyclic) bond motifs is 1. The number of nitro benzene ring substituents is 1. The van der Waals surface area contributed by atoms with Crippen molar-refractivity contribution < 1.29 is 19.2 Å². The third-order valence-electron chi connectivity index (χ3n) is 4.12. The summed E-state index contributed by atoms with van der Waals surface area (Å²) < 4.78 is 10.3. The molecule has 0 aliphatic rings. The minimum atomic E-state index is -0.544. The average molecular weight is 340 g/mol. The third kappa shape index (κ3) is 2.91. The molecule has 1 N–H and O–H groups in total. The summed E-state index contributed by atoms with van der Waals surface area (Å²) in [5, 5.41) is 12.0. The lowest BCUT2D eigenvalue weighted by atomic mass is 9.96. The third-order valence-corrected chi connectivity index (χ3v) is 4.12. The smallest absolute Gasteiger partial charge is 0.293 e. The fourth-order valence-electron chi connectivity index (χ4n) is 2.92. The molecule has 0 amide bonds. The highest BCUT2D eigenvalue weighted by molar-refractivity contribution is 6.02. The van der Waals surface area contributed by atoms with Gasteiger partial charge >= 0.3 is 0 Å². The Morgan fingerprint density at radius 2 is 2.08 bits per heavy atom. The van der Waals surface area contributed by atoms with Crippen molar-refractivity contribution in [2.75, 3.05) is 7.11 Å². The summed E-state index contributed by atoms with van der Waals surface area (Å²) in [5.41, 5.74) is 2.66. The minimum absolute atomic E-state index is 0.0359. The number of benzene rings is 2. The number of carbonyl (C=O) groups is 1. The Kier molecular flexibility index (Phi) is 4.38. The van der Waals surface area contributed by atoms with Gasteiger partial charge in [-0.3, -0.25) is 14.9 Å². The molecule has 1 atom stereocenters. The molecule has 25 heavy (non-hydrogen) atoms. The van der Waals surface area contributed by atoms with E-state index in [0.717, 1.165) is 11.1 Å². The highest BCUT2D eigenvalue weighted by Crippen LogP contribution is 2.39. The molecular formula is C18H16N2O5. The zero-order valence-electron chi connectivity index (χ0n) is 13.7. The Morgan fingerprint density at radius 3 is 2.76 bits per heavy atom. The molecule has 7 heteroatoms. The number of rotatable bonds is 6. The normalized spacial score (nSPS) is 11.9. The van der Waals surface area contributed by atoms with Gasteiger partial charge in [0.15, 0.2) is 0 Å². The molecule has 3 rings (SSSR count). The standard InChI is InChI=1S/C18H16N2O5/c1-11(25-10-21)15-9-19-18-16(20(22)23)7-6-14(17(15)18)12-4-3-5-13(8-12)24-2/h3-11,19H,1-2H3. The van der Waals surface area contributed by atoms with Gasteiger partial charge in [0.2, 0.25) is 0 Å². The Morgan fingerprint density at radius 1 is 1.28 bits per heavy atom. The average Bonchev–Trinajstić information content (AvgIpc) is 3.06. The number of non-ortho nitro benzene ring substituents is 1. The van der Waals surface area contributed by atoms with Crippen LogP contribution in [0.2, 0.25) is 0 Å². The van der Waals surface area contributed by atoms with Gasteiger partial charge in [-0.1, -0.05) is 12.1 Å². The van der Waals surface area contributed by atoms with Crippen molar-refractivity contribution in [3.63, 3.8) is 0 Å². The van der Waals surface area contributed by atoms with Gasteiger partial charge in [0.05, 0.1) is 12.0 Å². The molecule has 0 radical (unpaired) electrons. The van der Waals surface area contributed by atoms with E-state index in [1.54, 1.807) is 26.3 Å². The molecule has 1 aromatic heterocycles. The monoisotopic (exact) mass is 340 g/mol. The maximum absolute atomic E-state index is 11.3. The van der Waals surface area contributed by atoms with Gasteiger partial charge in [-0.05, 0) is 36.2 Å². The fourth-order valence-corrected chi connectivity index (χ4v) is 2.92. The zero-order chi connectivity index (χ0) is 18.0. The number of hydrogen-bond acceptors (Lipinski definition) is 5. The Balaban J connectivity index is 2.30. The van der Waals surface area contributed by atoms with E-state index in [-0.39, 0.29) is 5.69 Å². The van der Waals surface area contributed by atoms with Crippen LogP contribution in [0.5, 0.6) is 5.75 Å². The van der Waals surface area contributed by atoms with Gasteiger partial charge in [0.1, 0.15) is 17.4 Å². The molecule has 0 aliphatic carbocycles. The van der Waals surface area contributed by atoms with Gasteiger partial charge < -0.3 is 14.5 Å². The number of carbonyl (C=O) groups excluding carboxylic acids is 1. The lowest BCUT2D eigenvalue weighted by Gasteiger charge is -2.12. The summed E-state index contributed by atoms with van der Waals surface area (Å²) in [6.07, 6.45) is 1.09. The van der Waals surface area contributed by atoms with E-state index in [0.29, 0.717) is 28.7 Å². The number of nitro groups is 1. The van der Waals surface area contributed by atoms with Gasteiger partial charge in [-0.25, -0.2) is 0 Å². The lowest BCUT2D eigenvalue weighted by molar-refractivity contribution is -0.383. The first-order chi connectivity index (χ1) is 12.1. The molecule has 7 nitrogen and oxygen atoms in total. The molecule has 0 saturated carbocycles. The summed E-state index contributed by atoms with van der Waals surface area (Å²) in [6.45, 7) is 2.08. The van der Waals surface area contributed by atoms with E-state index in [1.165, 1.54) is 6.07 Å². The summed E-state index contributed by atoms with van der Waals surface area (Å²) in [7, 11) is 1.58. The van der Waals surface area contributed by atoms with Crippen LogP contribution in [0, 0.1) is 10.1 Å². The number of ether oxygens (including phenoxy) is 2. The second kappa shape index (κ2) is 6.64. The van der Waals surface area contributed by atoms with Crippen molar-refractivity contribution in [3.05, 3.63) is 58.3 Å². The fraction of sp³-hybridized carbons (Fsp3) is 0.167. The summed E-state index contributed by atoms with van der Waals surface area (Å²) >= 11 is 0. The van der Waals surface area contributed by atoms with E-state index >= 15 is 0 Å². The maximum atomic E-state index is 11.3. The molecule has 0 bridgehead atoms. The molecular weight excluding hydrogens is 324 g/mol. The molecule has 0 spiro atoms. The van der Waals surface area contributed by atoms with E-state index in [4.69, 9.17) is 9.47 Å². The van der Waals surface area contributed by atoms with Crippen LogP contribution in [0.25, 0.3) is 22.0 Å². The topological polar surface area (TPSA) is 94.5 Å². The predicted molar refractivity (Wildman–Crippen MR) is 92.5 cm³/mol. The predicted octanol–water partition coefficient (Wildman–Crippen LogP) is 3.99. The summed E-state index contributed by atoms with van der Waals surface area (Å²) in [6, 6.07) is 10.6. The number of H-pyrrole nitrogens is 1. The number of nitrogens with one attached hydrogen (secondary N) is 1. The molecule has 3 aromatic rings. The Labute approximate surface area is 143 Å². The molecule has 0 aliphatic heterocycles. The maximum Gasteiger partial charge on any atom is 0.293 e. The Bertz CT molecular complexity index is 948. The van der Waals surface area contributed by atoms with Crippen molar-refractivity contribution in [1.82, 2.24) is 4.98 Å². The van der Waals surface area contributed by atoms with Crippen LogP contribution in [0.1, 0.15) is 18.6 Å². The van der Waals surface area contributed by atoms with Crippen LogP contribution in [-0.4, -0.2) is 23.5 Å². The SMILES string of the molecule is COc1cccc(-c2ccc([N+](=O)[O-])c3[nH]cc(C(C)OC=O)c23)c1. The van der Waals surface area contributed by atoms with Crippen molar-refractivity contribution in [2.24, 2.45) is 0 Å². The van der Waals surface area contributed by atoms with Crippen LogP contribution >= 0.6 is 0 Å². The molecule has 2 aromatic carbocycles. The number of nitrogens with zero attached hydrogens (tertiary/aromatic N) is 1. The molecule has 1 unspecified atom stereocenters. The molecule has 128 valence electrons. The van der Waals surface area contributed by atoms with Gasteiger partial charge in [-0.2, -0.15) is 0 Å². The van der Waals surface area contributed by atoms with Crippen LogP contribution in [0.15, 0.2) is 42.6 Å². The lowest BCUT2D eigenvalue weighted by Crippen LogP contribution is -1.98. The number of aromatic amines is 1.